The maximum atomic E-state index is 12.4. The molecule has 1 N–H and O–H groups in total. The molecule has 0 radical (unpaired) electrons. The van der Waals surface area contributed by atoms with Crippen molar-refractivity contribution in [2.75, 3.05) is 20.3 Å². The second-order valence-corrected chi connectivity index (χ2v) is 5.18. The molecule has 98 valence electrons. The van der Waals surface area contributed by atoms with E-state index in [-0.39, 0.29) is 17.7 Å². The number of likely N-dealkylation sites (N-methyl/N-ethyl adjacent to an activating group) is 1. The Balaban J connectivity index is 2.13. The van der Waals surface area contributed by atoms with E-state index >= 15 is 0 Å². The lowest BCUT2D eigenvalue weighted by Gasteiger charge is -2.16. The van der Waals surface area contributed by atoms with Gasteiger partial charge in [0.25, 0.3) is 0 Å². The summed E-state index contributed by atoms with van der Waals surface area (Å²) in [7, 11) is 1.88. The number of hydrogen-bond donors (Lipinski definition) is 1. The van der Waals surface area contributed by atoms with E-state index in [2.05, 4.69) is 19.2 Å². The summed E-state index contributed by atoms with van der Waals surface area (Å²) in [5.41, 5.74) is 2.05. The van der Waals surface area contributed by atoms with Gasteiger partial charge in [0.2, 0.25) is 0 Å². The van der Waals surface area contributed by atoms with Crippen molar-refractivity contribution in [3.63, 3.8) is 0 Å². The Labute approximate surface area is 109 Å². The van der Waals surface area contributed by atoms with Crippen LogP contribution in [0.15, 0.2) is 24.3 Å². The van der Waals surface area contributed by atoms with Gasteiger partial charge in [0.1, 0.15) is 0 Å². The molecule has 1 aromatic carbocycles. The molecule has 1 fully saturated rings. The molecule has 3 heteroatoms. The Kier molecular flexibility index (Phi) is 4.15. The molecule has 1 aromatic rings. The molecular formula is C15H21NO2. The molecule has 2 unspecified atom stereocenters. The van der Waals surface area contributed by atoms with Gasteiger partial charge in [-0.2, -0.15) is 0 Å². The molecule has 0 amide bonds. The number of carbonyl (C=O) groups excluding carboxylic acids is 1. The number of Topliss-reactive ketones (excluding diaryl/α,β-unsaturated/α-hetero) is 1. The average Bonchev–Trinajstić information content (AvgIpc) is 2.86. The van der Waals surface area contributed by atoms with Crippen molar-refractivity contribution < 1.29 is 9.53 Å². The van der Waals surface area contributed by atoms with Crippen LogP contribution in [0.2, 0.25) is 0 Å². The van der Waals surface area contributed by atoms with Crippen LogP contribution < -0.4 is 5.32 Å². The van der Waals surface area contributed by atoms with Crippen LogP contribution in [0.1, 0.15) is 35.7 Å². The minimum atomic E-state index is -0.0556. The molecule has 1 saturated heterocycles. The molecule has 1 aliphatic heterocycles. The van der Waals surface area contributed by atoms with Gasteiger partial charge in [0, 0.05) is 11.6 Å². The number of hydrogen-bond acceptors (Lipinski definition) is 3. The van der Waals surface area contributed by atoms with E-state index in [4.69, 9.17) is 4.74 Å². The first-order chi connectivity index (χ1) is 8.63. The molecule has 0 aliphatic carbocycles. The summed E-state index contributed by atoms with van der Waals surface area (Å²) in [5.74, 6) is 0.621. The molecule has 0 saturated carbocycles. The van der Waals surface area contributed by atoms with Gasteiger partial charge in [-0.3, -0.25) is 4.79 Å². The molecule has 3 nitrogen and oxygen atoms in total. The van der Waals surface area contributed by atoms with Gasteiger partial charge in [0.15, 0.2) is 5.78 Å². The lowest BCUT2D eigenvalue weighted by atomic mass is 9.92. The Morgan fingerprint density at radius 1 is 1.28 bits per heavy atom. The summed E-state index contributed by atoms with van der Waals surface area (Å²) in [4.78, 5) is 12.4. The number of carbonyl (C=O) groups is 1. The summed E-state index contributed by atoms with van der Waals surface area (Å²) in [6, 6.07) is 8.09. The van der Waals surface area contributed by atoms with Crippen LogP contribution in [-0.4, -0.2) is 32.1 Å². The van der Waals surface area contributed by atoms with E-state index in [9.17, 15) is 4.79 Å². The molecule has 2 atom stereocenters. The third-order valence-electron chi connectivity index (χ3n) is 3.65. The highest BCUT2D eigenvalue weighted by Crippen LogP contribution is 2.21. The maximum Gasteiger partial charge on any atom is 0.169 e. The molecule has 1 heterocycles. The van der Waals surface area contributed by atoms with E-state index in [0.29, 0.717) is 19.1 Å². The predicted octanol–water partition coefficient (Wildman–Crippen LogP) is 2.23. The van der Waals surface area contributed by atoms with E-state index < -0.39 is 0 Å². The van der Waals surface area contributed by atoms with E-state index in [0.717, 1.165) is 5.56 Å². The quantitative estimate of drug-likeness (QED) is 0.829. The van der Waals surface area contributed by atoms with Gasteiger partial charge in [-0.1, -0.05) is 38.1 Å². The minimum absolute atomic E-state index is 0.0556. The number of nitrogens with one attached hydrogen (secondary N) is 1. The van der Waals surface area contributed by atoms with Gasteiger partial charge >= 0.3 is 0 Å². The minimum Gasteiger partial charge on any atom is -0.379 e. The molecule has 2 rings (SSSR count). The number of benzene rings is 1. The largest absolute Gasteiger partial charge is 0.379 e. The summed E-state index contributed by atoms with van der Waals surface area (Å²) in [5, 5.41) is 3.15. The number of ketones is 1. The van der Waals surface area contributed by atoms with E-state index in [1.54, 1.807) is 0 Å². The van der Waals surface area contributed by atoms with Crippen molar-refractivity contribution >= 4 is 5.78 Å². The fourth-order valence-corrected chi connectivity index (χ4v) is 2.34. The van der Waals surface area contributed by atoms with Crippen LogP contribution in [0, 0.1) is 5.92 Å². The smallest absolute Gasteiger partial charge is 0.169 e. The summed E-state index contributed by atoms with van der Waals surface area (Å²) in [6.45, 7) is 5.45. The predicted molar refractivity (Wildman–Crippen MR) is 72.0 cm³/mol. The lowest BCUT2D eigenvalue weighted by molar-refractivity contribution is 0.0892. The Morgan fingerprint density at radius 3 is 2.50 bits per heavy atom. The summed E-state index contributed by atoms with van der Waals surface area (Å²) in [6.07, 6.45) is 0. The zero-order chi connectivity index (χ0) is 13.1. The van der Waals surface area contributed by atoms with Crippen molar-refractivity contribution in [1.29, 1.82) is 0 Å². The third kappa shape index (κ3) is 2.62. The van der Waals surface area contributed by atoms with Crippen molar-refractivity contribution in [3.8, 4) is 0 Å². The molecule has 0 bridgehead atoms. The third-order valence-corrected chi connectivity index (χ3v) is 3.65. The zero-order valence-corrected chi connectivity index (χ0v) is 11.3. The zero-order valence-electron chi connectivity index (χ0n) is 11.3. The SMILES string of the molecule is CNC1COCC1C(=O)c1ccc(C(C)C)cc1. The fourth-order valence-electron chi connectivity index (χ4n) is 2.34. The Bertz CT molecular complexity index is 411. The summed E-state index contributed by atoms with van der Waals surface area (Å²) >= 11 is 0. The van der Waals surface area contributed by atoms with Gasteiger partial charge in [-0.25, -0.2) is 0 Å². The highest BCUT2D eigenvalue weighted by atomic mass is 16.5. The first-order valence-electron chi connectivity index (χ1n) is 6.52. The van der Waals surface area contributed by atoms with Gasteiger partial charge < -0.3 is 10.1 Å². The van der Waals surface area contributed by atoms with Crippen LogP contribution in [0.5, 0.6) is 0 Å². The van der Waals surface area contributed by atoms with Crippen LogP contribution in [0.3, 0.4) is 0 Å². The monoisotopic (exact) mass is 247 g/mol. The standard InChI is InChI=1S/C15H21NO2/c1-10(2)11-4-6-12(7-5-11)15(17)13-8-18-9-14(13)16-3/h4-7,10,13-14,16H,8-9H2,1-3H3. The van der Waals surface area contributed by atoms with Gasteiger partial charge in [-0.15, -0.1) is 0 Å². The first-order valence-corrected chi connectivity index (χ1v) is 6.52. The van der Waals surface area contributed by atoms with Crippen molar-refractivity contribution in [2.24, 2.45) is 5.92 Å². The second-order valence-electron chi connectivity index (χ2n) is 5.18. The van der Waals surface area contributed by atoms with Crippen molar-refractivity contribution in [2.45, 2.75) is 25.8 Å². The highest BCUT2D eigenvalue weighted by Gasteiger charge is 2.33. The second kappa shape index (κ2) is 5.63. The van der Waals surface area contributed by atoms with Gasteiger partial charge in [-0.05, 0) is 18.5 Å². The highest BCUT2D eigenvalue weighted by molar-refractivity contribution is 5.98. The molecule has 1 aliphatic rings. The Morgan fingerprint density at radius 2 is 1.94 bits per heavy atom. The van der Waals surface area contributed by atoms with E-state index in [1.165, 1.54) is 5.56 Å². The van der Waals surface area contributed by atoms with Crippen LogP contribution in [-0.2, 0) is 4.74 Å². The van der Waals surface area contributed by atoms with Crippen LogP contribution >= 0.6 is 0 Å². The molecule has 0 aromatic heterocycles. The average molecular weight is 247 g/mol. The number of ether oxygens (including phenoxy) is 1. The molecular weight excluding hydrogens is 226 g/mol. The Hall–Kier alpha value is -1.19. The van der Waals surface area contributed by atoms with Crippen molar-refractivity contribution in [3.05, 3.63) is 35.4 Å². The van der Waals surface area contributed by atoms with Crippen LogP contribution in [0.4, 0.5) is 0 Å². The number of rotatable bonds is 4. The van der Waals surface area contributed by atoms with Gasteiger partial charge in [0.05, 0.1) is 19.1 Å². The lowest BCUT2D eigenvalue weighted by Crippen LogP contribution is -2.37. The fraction of sp³-hybridized carbons (Fsp3) is 0.533. The van der Waals surface area contributed by atoms with E-state index in [1.807, 2.05) is 31.3 Å². The topological polar surface area (TPSA) is 38.3 Å². The molecule has 18 heavy (non-hydrogen) atoms. The summed E-state index contributed by atoms with van der Waals surface area (Å²) < 4.78 is 5.38. The van der Waals surface area contributed by atoms with Crippen molar-refractivity contribution in [1.82, 2.24) is 5.32 Å². The first kappa shape index (κ1) is 13.2. The maximum absolute atomic E-state index is 12.4. The molecule has 0 spiro atoms. The van der Waals surface area contributed by atoms with Crippen LogP contribution in [0.25, 0.3) is 0 Å². The normalized spacial score (nSPS) is 23.6.